The minimum absolute atomic E-state index is 0.0157. The van der Waals surface area contributed by atoms with E-state index in [4.69, 9.17) is 0 Å². The molecule has 1 aromatic heterocycles. The van der Waals surface area contributed by atoms with E-state index in [0.717, 1.165) is 31.5 Å². The van der Waals surface area contributed by atoms with Gasteiger partial charge in [-0.2, -0.15) is 0 Å². The maximum atomic E-state index is 13.4. The number of hydrogen-bond donors (Lipinski definition) is 1. The first-order valence-corrected chi connectivity index (χ1v) is 10.6. The zero-order valence-corrected chi connectivity index (χ0v) is 17.9. The molecular formula is C23H27FN4O3. The molecule has 4 rings (SSSR count). The third-order valence-electron chi connectivity index (χ3n) is 6.14. The van der Waals surface area contributed by atoms with Crippen molar-refractivity contribution in [2.75, 3.05) is 26.7 Å². The summed E-state index contributed by atoms with van der Waals surface area (Å²) < 4.78 is 14.8. The summed E-state index contributed by atoms with van der Waals surface area (Å²) in [5.41, 5.74) is 1.63. The van der Waals surface area contributed by atoms with Crippen LogP contribution < -0.4 is 10.9 Å². The normalized spacial score (nSPS) is 19.1. The first-order valence-electron chi connectivity index (χ1n) is 10.6. The van der Waals surface area contributed by atoms with Gasteiger partial charge in [-0.25, -0.2) is 4.39 Å². The van der Waals surface area contributed by atoms with Gasteiger partial charge in [-0.05, 0) is 68.2 Å². The second kappa shape index (κ2) is 8.63. The van der Waals surface area contributed by atoms with E-state index in [1.54, 1.807) is 11.1 Å². The topological polar surface area (TPSA) is 74.6 Å². The number of hydrogen-bond acceptors (Lipinski definition) is 4. The second-order valence-electron chi connectivity index (χ2n) is 8.42. The standard InChI is InChI=1S/C23H27FN4O3/c1-15(29)27-11-9-20-16(12-27)13-28(19-7-5-17(24)6-8-19)23(31)21(20)22(30)25-18-4-3-10-26(2)14-18/h5-8,13,18H,3-4,9-12,14H2,1-2H3,(H,25,30). The Morgan fingerprint density at radius 1 is 1.16 bits per heavy atom. The smallest absolute Gasteiger partial charge is 0.268 e. The molecule has 1 N–H and O–H groups in total. The predicted molar refractivity (Wildman–Crippen MR) is 115 cm³/mol. The summed E-state index contributed by atoms with van der Waals surface area (Å²) in [7, 11) is 2.01. The zero-order valence-electron chi connectivity index (χ0n) is 17.9. The molecule has 0 bridgehead atoms. The number of pyridine rings is 1. The third-order valence-corrected chi connectivity index (χ3v) is 6.14. The minimum Gasteiger partial charge on any atom is -0.348 e. The summed E-state index contributed by atoms with van der Waals surface area (Å²) in [5, 5.41) is 3.04. The summed E-state index contributed by atoms with van der Waals surface area (Å²) in [6.45, 7) is 4.04. The monoisotopic (exact) mass is 426 g/mol. The molecular weight excluding hydrogens is 399 g/mol. The van der Waals surface area contributed by atoms with Gasteiger partial charge in [-0.3, -0.25) is 19.0 Å². The molecule has 1 fully saturated rings. The molecule has 2 amide bonds. The lowest BCUT2D eigenvalue weighted by atomic mass is 9.95. The maximum absolute atomic E-state index is 13.4. The van der Waals surface area contributed by atoms with Crippen LogP contribution in [0, 0.1) is 5.82 Å². The number of halogens is 1. The van der Waals surface area contributed by atoms with Gasteiger partial charge >= 0.3 is 0 Å². The highest BCUT2D eigenvalue weighted by molar-refractivity contribution is 5.96. The Morgan fingerprint density at radius 3 is 2.58 bits per heavy atom. The van der Waals surface area contributed by atoms with Crippen LogP contribution in [0.5, 0.6) is 0 Å². The molecule has 0 aliphatic carbocycles. The lowest BCUT2D eigenvalue weighted by Gasteiger charge is -2.32. The Labute approximate surface area is 180 Å². The fourth-order valence-electron chi connectivity index (χ4n) is 4.49. The van der Waals surface area contributed by atoms with Crippen LogP contribution >= 0.6 is 0 Å². The average molecular weight is 426 g/mol. The Morgan fingerprint density at radius 2 is 1.90 bits per heavy atom. The van der Waals surface area contributed by atoms with Crippen LogP contribution in [0.15, 0.2) is 35.3 Å². The summed E-state index contributed by atoms with van der Waals surface area (Å²) >= 11 is 0. The fourth-order valence-corrected chi connectivity index (χ4v) is 4.49. The number of carbonyl (C=O) groups is 2. The molecule has 2 aromatic rings. The predicted octanol–water partition coefficient (Wildman–Crippen LogP) is 1.71. The number of nitrogens with zero attached hydrogens (tertiary/aromatic N) is 3. The highest BCUT2D eigenvalue weighted by atomic mass is 19.1. The van der Waals surface area contributed by atoms with E-state index in [1.165, 1.54) is 35.8 Å². The number of likely N-dealkylation sites (tertiary alicyclic amines) is 1. The molecule has 8 heteroatoms. The summed E-state index contributed by atoms with van der Waals surface area (Å²) in [6, 6.07) is 5.55. The van der Waals surface area contributed by atoms with Gasteiger partial charge in [0.2, 0.25) is 5.91 Å². The van der Waals surface area contributed by atoms with Crippen LogP contribution in [0.3, 0.4) is 0 Å². The molecule has 2 aliphatic rings. The van der Waals surface area contributed by atoms with Crippen molar-refractivity contribution in [3.05, 3.63) is 63.3 Å². The van der Waals surface area contributed by atoms with E-state index in [1.807, 2.05) is 7.05 Å². The highest BCUT2D eigenvalue weighted by Gasteiger charge is 2.29. The van der Waals surface area contributed by atoms with Crippen molar-refractivity contribution in [2.45, 2.75) is 38.8 Å². The largest absolute Gasteiger partial charge is 0.348 e. The molecule has 7 nitrogen and oxygen atoms in total. The SMILES string of the molecule is CC(=O)N1CCc2c(cn(-c3ccc(F)cc3)c(=O)c2C(=O)NC2CCCN(C)C2)C1. The quantitative estimate of drug-likeness (QED) is 0.811. The molecule has 0 spiro atoms. The third kappa shape index (κ3) is 4.39. The molecule has 1 unspecified atom stereocenters. The van der Waals surface area contributed by atoms with Crippen LogP contribution in [0.4, 0.5) is 4.39 Å². The number of fused-ring (bicyclic) bond motifs is 1. The van der Waals surface area contributed by atoms with E-state index in [9.17, 15) is 18.8 Å². The van der Waals surface area contributed by atoms with Crippen LogP contribution in [-0.2, 0) is 17.8 Å². The molecule has 0 radical (unpaired) electrons. The fraction of sp³-hybridized carbons (Fsp3) is 0.435. The number of likely N-dealkylation sites (N-methyl/N-ethyl adjacent to an activating group) is 1. The van der Waals surface area contributed by atoms with Gasteiger partial charge in [0, 0.05) is 44.5 Å². The Hall–Kier alpha value is -3.00. The molecule has 0 saturated carbocycles. The minimum atomic E-state index is -0.428. The van der Waals surface area contributed by atoms with Crippen LogP contribution in [-0.4, -0.2) is 58.9 Å². The Kier molecular flexibility index (Phi) is 5.91. The maximum Gasteiger partial charge on any atom is 0.268 e. The number of aromatic nitrogens is 1. The molecule has 3 heterocycles. The number of carbonyl (C=O) groups excluding carboxylic acids is 2. The van der Waals surface area contributed by atoms with Crippen LogP contribution in [0.25, 0.3) is 5.69 Å². The lowest BCUT2D eigenvalue weighted by molar-refractivity contribution is -0.129. The Bertz CT molecular complexity index is 1060. The molecule has 1 saturated heterocycles. The first kappa shape index (κ1) is 21.2. The van der Waals surface area contributed by atoms with E-state index >= 15 is 0 Å². The van der Waals surface area contributed by atoms with Gasteiger partial charge in [-0.1, -0.05) is 0 Å². The molecule has 1 atom stereocenters. The van der Waals surface area contributed by atoms with Crippen molar-refractivity contribution in [2.24, 2.45) is 0 Å². The number of rotatable bonds is 3. The molecule has 164 valence electrons. The summed E-state index contributed by atoms with van der Waals surface area (Å²) in [4.78, 5) is 42.5. The van der Waals surface area contributed by atoms with Crippen molar-refractivity contribution < 1.29 is 14.0 Å². The van der Waals surface area contributed by atoms with Crippen LogP contribution in [0.1, 0.15) is 41.3 Å². The van der Waals surface area contributed by atoms with Gasteiger partial charge in [0.1, 0.15) is 11.4 Å². The summed E-state index contributed by atoms with van der Waals surface area (Å²) in [6.07, 6.45) is 3.98. The van der Waals surface area contributed by atoms with E-state index < -0.39 is 11.4 Å². The van der Waals surface area contributed by atoms with E-state index in [-0.39, 0.29) is 23.4 Å². The lowest BCUT2D eigenvalue weighted by Crippen LogP contribution is -2.48. The van der Waals surface area contributed by atoms with Gasteiger partial charge in [-0.15, -0.1) is 0 Å². The number of nitrogens with one attached hydrogen (secondary N) is 1. The van der Waals surface area contributed by atoms with Gasteiger partial charge in [0.25, 0.3) is 11.5 Å². The average Bonchev–Trinajstić information content (AvgIpc) is 2.73. The van der Waals surface area contributed by atoms with Crippen molar-refractivity contribution >= 4 is 11.8 Å². The molecule has 2 aliphatic heterocycles. The number of benzene rings is 1. The summed E-state index contributed by atoms with van der Waals surface area (Å²) in [5.74, 6) is -0.840. The van der Waals surface area contributed by atoms with Crippen molar-refractivity contribution in [3.8, 4) is 5.69 Å². The highest BCUT2D eigenvalue weighted by Crippen LogP contribution is 2.23. The van der Waals surface area contributed by atoms with Gasteiger partial charge in [0.15, 0.2) is 0 Å². The van der Waals surface area contributed by atoms with Crippen LogP contribution in [0.2, 0.25) is 0 Å². The van der Waals surface area contributed by atoms with E-state index in [2.05, 4.69) is 10.2 Å². The van der Waals surface area contributed by atoms with Crippen molar-refractivity contribution in [3.63, 3.8) is 0 Å². The Balaban J connectivity index is 1.77. The van der Waals surface area contributed by atoms with Crippen molar-refractivity contribution in [1.82, 2.24) is 19.7 Å². The number of amides is 2. The van der Waals surface area contributed by atoms with Crippen molar-refractivity contribution in [1.29, 1.82) is 0 Å². The van der Waals surface area contributed by atoms with Gasteiger partial charge in [0.05, 0.1) is 0 Å². The molecule has 31 heavy (non-hydrogen) atoms. The number of piperidine rings is 1. The first-order chi connectivity index (χ1) is 14.8. The zero-order chi connectivity index (χ0) is 22.1. The van der Waals surface area contributed by atoms with Gasteiger partial charge < -0.3 is 15.1 Å². The molecule has 1 aromatic carbocycles. The second-order valence-corrected chi connectivity index (χ2v) is 8.42. The van der Waals surface area contributed by atoms with E-state index in [0.29, 0.717) is 30.8 Å².